The monoisotopic (exact) mass is 321 g/mol. The molecule has 0 bridgehead atoms. The number of ether oxygens (including phenoxy) is 1. The first-order chi connectivity index (χ1) is 10.8. The van der Waals surface area contributed by atoms with Gasteiger partial charge in [-0.3, -0.25) is 14.5 Å². The Labute approximate surface area is 138 Å². The second-order valence-corrected chi connectivity index (χ2v) is 6.05. The second-order valence-electron chi connectivity index (χ2n) is 6.05. The standard InChI is InChI=1S/C17H27N3O3/c1-12(2)13(3)18-16(21)10-20(4)11-17(22)19-14-6-8-15(23-5)9-7-14/h6-9,12-13H,10-11H2,1-5H3,(H,18,21)(H,19,22)/t13-/m0/s1. The Morgan fingerprint density at radius 3 is 2.17 bits per heavy atom. The molecule has 1 aromatic rings. The summed E-state index contributed by atoms with van der Waals surface area (Å²) in [5.74, 6) is 0.868. The van der Waals surface area contributed by atoms with Crippen LogP contribution in [0.5, 0.6) is 5.75 Å². The third-order valence-corrected chi connectivity index (χ3v) is 3.59. The van der Waals surface area contributed by atoms with E-state index in [0.29, 0.717) is 11.6 Å². The molecule has 0 spiro atoms. The highest BCUT2D eigenvalue weighted by Crippen LogP contribution is 2.14. The first-order valence-corrected chi connectivity index (χ1v) is 7.73. The van der Waals surface area contributed by atoms with Crippen LogP contribution in [-0.2, 0) is 9.59 Å². The molecule has 0 aliphatic rings. The van der Waals surface area contributed by atoms with E-state index in [9.17, 15) is 9.59 Å². The van der Waals surface area contributed by atoms with Crippen molar-refractivity contribution in [3.8, 4) is 5.75 Å². The zero-order valence-electron chi connectivity index (χ0n) is 14.6. The quantitative estimate of drug-likeness (QED) is 0.765. The Balaban J connectivity index is 2.39. The number of carbonyl (C=O) groups excluding carboxylic acids is 2. The Morgan fingerprint density at radius 1 is 1.09 bits per heavy atom. The molecule has 0 aliphatic heterocycles. The number of hydrogen-bond donors (Lipinski definition) is 2. The summed E-state index contributed by atoms with van der Waals surface area (Å²) >= 11 is 0. The predicted octanol–water partition coefficient (Wildman–Crippen LogP) is 1.73. The first-order valence-electron chi connectivity index (χ1n) is 7.73. The molecule has 2 amide bonds. The van der Waals surface area contributed by atoms with Crippen LogP contribution in [-0.4, -0.2) is 50.0 Å². The van der Waals surface area contributed by atoms with Gasteiger partial charge in [-0.05, 0) is 44.2 Å². The number of anilines is 1. The smallest absolute Gasteiger partial charge is 0.238 e. The van der Waals surface area contributed by atoms with Crippen LogP contribution in [0.2, 0.25) is 0 Å². The van der Waals surface area contributed by atoms with Gasteiger partial charge in [-0.15, -0.1) is 0 Å². The van der Waals surface area contributed by atoms with Crippen LogP contribution >= 0.6 is 0 Å². The summed E-state index contributed by atoms with van der Waals surface area (Å²) < 4.78 is 5.07. The number of hydrogen-bond acceptors (Lipinski definition) is 4. The number of nitrogens with one attached hydrogen (secondary N) is 2. The molecule has 6 nitrogen and oxygen atoms in total. The van der Waals surface area contributed by atoms with E-state index in [1.165, 1.54) is 0 Å². The van der Waals surface area contributed by atoms with E-state index in [-0.39, 0.29) is 30.9 Å². The number of likely N-dealkylation sites (N-methyl/N-ethyl adjacent to an activating group) is 1. The van der Waals surface area contributed by atoms with Gasteiger partial charge < -0.3 is 15.4 Å². The van der Waals surface area contributed by atoms with Crippen LogP contribution in [0, 0.1) is 5.92 Å². The minimum Gasteiger partial charge on any atom is -0.497 e. The van der Waals surface area contributed by atoms with Gasteiger partial charge in [-0.1, -0.05) is 13.8 Å². The fourth-order valence-corrected chi connectivity index (χ4v) is 1.89. The van der Waals surface area contributed by atoms with Crippen LogP contribution in [0.4, 0.5) is 5.69 Å². The van der Waals surface area contributed by atoms with E-state index in [4.69, 9.17) is 4.74 Å². The van der Waals surface area contributed by atoms with Crippen molar-refractivity contribution in [1.29, 1.82) is 0 Å². The van der Waals surface area contributed by atoms with Gasteiger partial charge >= 0.3 is 0 Å². The van der Waals surface area contributed by atoms with Crippen molar-refractivity contribution < 1.29 is 14.3 Å². The van der Waals surface area contributed by atoms with Crippen molar-refractivity contribution in [3.05, 3.63) is 24.3 Å². The van der Waals surface area contributed by atoms with Gasteiger partial charge in [0.2, 0.25) is 11.8 Å². The Hall–Kier alpha value is -2.08. The van der Waals surface area contributed by atoms with Crippen LogP contribution in [0.15, 0.2) is 24.3 Å². The number of benzene rings is 1. The maximum Gasteiger partial charge on any atom is 0.238 e. The lowest BCUT2D eigenvalue weighted by Gasteiger charge is -2.20. The minimum absolute atomic E-state index is 0.0778. The summed E-state index contributed by atoms with van der Waals surface area (Å²) in [6.07, 6.45) is 0. The zero-order chi connectivity index (χ0) is 17.4. The summed E-state index contributed by atoms with van der Waals surface area (Å²) in [5, 5.41) is 5.71. The van der Waals surface area contributed by atoms with Crippen molar-refractivity contribution in [2.24, 2.45) is 5.92 Å². The molecule has 0 saturated heterocycles. The summed E-state index contributed by atoms with van der Waals surface area (Å²) in [7, 11) is 3.33. The normalized spacial score (nSPS) is 12.1. The van der Waals surface area contributed by atoms with Crippen LogP contribution in [0.1, 0.15) is 20.8 Å². The Bertz CT molecular complexity index is 514. The lowest BCUT2D eigenvalue weighted by Crippen LogP contribution is -2.43. The maximum absolute atomic E-state index is 12.0. The molecule has 0 fully saturated rings. The van der Waals surface area contributed by atoms with Crippen LogP contribution in [0.3, 0.4) is 0 Å². The molecule has 1 rings (SSSR count). The number of methoxy groups -OCH3 is 1. The molecule has 0 radical (unpaired) electrons. The molecule has 128 valence electrons. The maximum atomic E-state index is 12.0. The fourth-order valence-electron chi connectivity index (χ4n) is 1.89. The number of amides is 2. The minimum atomic E-state index is -0.164. The van der Waals surface area contributed by atoms with E-state index in [1.54, 1.807) is 43.3 Å². The Kier molecular flexibility index (Phi) is 7.54. The molecule has 0 unspecified atom stereocenters. The SMILES string of the molecule is COc1ccc(NC(=O)CN(C)CC(=O)N[C@@H](C)C(C)C)cc1. The van der Waals surface area contributed by atoms with Gasteiger partial charge in [0, 0.05) is 11.7 Å². The van der Waals surface area contributed by atoms with E-state index in [2.05, 4.69) is 24.5 Å². The third-order valence-electron chi connectivity index (χ3n) is 3.59. The van der Waals surface area contributed by atoms with E-state index in [1.807, 2.05) is 6.92 Å². The lowest BCUT2D eigenvalue weighted by atomic mass is 10.1. The predicted molar refractivity (Wildman–Crippen MR) is 91.6 cm³/mol. The first kappa shape index (κ1) is 19.0. The van der Waals surface area contributed by atoms with Gasteiger partial charge in [-0.2, -0.15) is 0 Å². The molecule has 0 saturated carbocycles. The molecule has 0 aromatic heterocycles. The molecular formula is C17H27N3O3. The lowest BCUT2D eigenvalue weighted by molar-refractivity contribution is -0.123. The summed E-state index contributed by atoms with van der Waals surface area (Å²) in [6, 6.07) is 7.21. The summed E-state index contributed by atoms with van der Waals surface area (Å²) in [4.78, 5) is 25.5. The number of rotatable bonds is 8. The molecule has 0 aliphatic carbocycles. The summed E-state index contributed by atoms with van der Waals surface area (Å²) in [5.41, 5.74) is 0.696. The average molecular weight is 321 g/mol. The van der Waals surface area contributed by atoms with Crippen molar-refractivity contribution >= 4 is 17.5 Å². The highest BCUT2D eigenvalue weighted by molar-refractivity contribution is 5.92. The molecule has 0 heterocycles. The van der Waals surface area contributed by atoms with Crippen molar-refractivity contribution in [1.82, 2.24) is 10.2 Å². The van der Waals surface area contributed by atoms with Crippen molar-refractivity contribution in [2.45, 2.75) is 26.8 Å². The van der Waals surface area contributed by atoms with Gasteiger partial charge in [0.1, 0.15) is 5.75 Å². The molecule has 1 atom stereocenters. The Morgan fingerprint density at radius 2 is 1.65 bits per heavy atom. The molecule has 2 N–H and O–H groups in total. The average Bonchev–Trinajstić information content (AvgIpc) is 2.47. The fraction of sp³-hybridized carbons (Fsp3) is 0.529. The van der Waals surface area contributed by atoms with Gasteiger partial charge in [0.25, 0.3) is 0 Å². The molecule has 23 heavy (non-hydrogen) atoms. The zero-order valence-corrected chi connectivity index (χ0v) is 14.6. The highest BCUT2D eigenvalue weighted by Gasteiger charge is 2.14. The van der Waals surface area contributed by atoms with Gasteiger partial charge in [-0.25, -0.2) is 0 Å². The molecule has 6 heteroatoms. The van der Waals surface area contributed by atoms with Crippen molar-refractivity contribution in [2.75, 3.05) is 32.6 Å². The van der Waals surface area contributed by atoms with Crippen LogP contribution < -0.4 is 15.4 Å². The largest absolute Gasteiger partial charge is 0.497 e. The van der Waals surface area contributed by atoms with E-state index < -0.39 is 0 Å². The van der Waals surface area contributed by atoms with E-state index >= 15 is 0 Å². The van der Waals surface area contributed by atoms with Crippen molar-refractivity contribution in [3.63, 3.8) is 0 Å². The van der Waals surface area contributed by atoms with E-state index in [0.717, 1.165) is 5.75 Å². The number of nitrogens with zero attached hydrogens (tertiary/aromatic N) is 1. The topological polar surface area (TPSA) is 70.7 Å². The third kappa shape index (κ3) is 7.15. The highest BCUT2D eigenvalue weighted by atomic mass is 16.5. The molecule has 1 aromatic carbocycles. The second kappa shape index (κ2) is 9.15. The van der Waals surface area contributed by atoms with Gasteiger partial charge in [0.05, 0.1) is 20.2 Å². The van der Waals surface area contributed by atoms with Gasteiger partial charge in [0.15, 0.2) is 0 Å². The summed E-state index contributed by atoms with van der Waals surface area (Å²) in [6.45, 7) is 6.41. The number of carbonyl (C=O) groups is 2. The van der Waals surface area contributed by atoms with Crippen LogP contribution in [0.25, 0.3) is 0 Å². The molecular weight excluding hydrogens is 294 g/mol.